The molecular formula is C11H15ClN6S. The molecule has 2 aromatic heterocycles. The van der Waals surface area contributed by atoms with E-state index in [0.717, 1.165) is 43.5 Å². The second-order valence-corrected chi connectivity index (χ2v) is 4.56. The SMILES string of the molecule is Cl.c1cc(Nc2nsnc2N2CCNCC2)ccn1. The average molecular weight is 299 g/mol. The summed E-state index contributed by atoms with van der Waals surface area (Å²) in [5.41, 5.74) is 0.981. The molecule has 8 heteroatoms. The number of rotatable bonds is 3. The second kappa shape index (κ2) is 6.65. The van der Waals surface area contributed by atoms with Crippen LogP contribution in [0.25, 0.3) is 0 Å². The van der Waals surface area contributed by atoms with Crippen molar-refractivity contribution in [2.24, 2.45) is 0 Å². The van der Waals surface area contributed by atoms with Gasteiger partial charge in [0.05, 0.1) is 11.7 Å². The standard InChI is InChI=1S/C11H14N6S.ClH/c1-3-12-4-2-9(1)14-10-11(16-18-15-10)17-7-5-13-6-8-17;/h1-4,13H,5-8H2,(H,12,14,15);1H. The molecule has 0 unspecified atom stereocenters. The number of piperazine rings is 1. The molecule has 0 aliphatic carbocycles. The molecule has 0 saturated carbocycles. The van der Waals surface area contributed by atoms with E-state index in [9.17, 15) is 0 Å². The third kappa shape index (κ3) is 3.31. The summed E-state index contributed by atoms with van der Waals surface area (Å²) in [7, 11) is 0. The molecule has 0 bridgehead atoms. The highest BCUT2D eigenvalue weighted by Crippen LogP contribution is 2.26. The summed E-state index contributed by atoms with van der Waals surface area (Å²) >= 11 is 1.24. The fourth-order valence-electron chi connectivity index (χ4n) is 1.92. The average Bonchev–Trinajstić information content (AvgIpc) is 2.89. The molecule has 0 aromatic carbocycles. The van der Waals surface area contributed by atoms with Gasteiger partial charge in [0, 0.05) is 44.3 Å². The maximum atomic E-state index is 4.39. The van der Waals surface area contributed by atoms with E-state index < -0.39 is 0 Å². The number of anilines is 3. The molecule has 3 rings (SSSR count). The van der Waals surface area contributed by atoms with Crippen molar-refractivity contribution in [1.82, 2.24) is 19.0 Å². The van der Waals surface area contributed by atoms with E-state index in [1.54, 1.807) is 12.4 Å². The van der Waals surface area contributed by atoms with Gasteiger partial charge in [-0.1, -0.05) is 0 Å². The van der Waals surface area contributed by atoms with Crippen LogP contribution in [0.5, 0.6) is 0 Å². The second-order valence-electron chi connectivity index (χ2n) is 4.03. The van der Waals surface area contributed by atoms with Crippen molar-refractivity contribution in [3.05, 3.63) is 24.5 Å². The van der Waals surface area contributed by atoms with Gasteiger partial charge in [-0.2, -0.15) is 8.75 Å². The van der Waals surface area contributed by atoms with Crippen molar-refractivity contribution < 1.29 is 0 Å². The monoisotopic (exact) mass is 298 g/mol. The molecule has 102 valence electrons. The van der Waals surface area contributed by atoms with E-state index in [2.05, 4.69) is 29.3 Å². The van der Waals surface area contributed by atoms with Gasteiger partial charge in [-0.25, -0.2) is 0 Å². The number of aromatic nitrogens is 3. The van der Waals surface area contributed by atoms with Gasteiger partial charge in [-0.05, 0) is 12.1 Å². The molecule has 1 saturated heterocycles. The van der Waals surface area contributed by atoms with Crippen molar-refractivity contribution in [3.63, 3.8) is 0 Å². The van der Waals surface area contributed by atoms with E-state index in [4.69, 9.17) is 0 Å². The van der Waals surface area contributed by atoms with Crippen LogP contribution >= 0.6 is 24.1 Å². The summed E-state index contributed by atoms with van der Waals surface area (Å²) in [6.07, 6.45) is 3.51. The number of hydrogen-bond acceptors (Lipinski definition) is 7. The molecule has 0 amide bonds. The Morgan fingerprint density at radius 3 is 2.63 bits per heavy atom. The summed E-state index contributed by atoms with van der Waals surface area (Å²) < 4.78 is 8.71. The van der Waals surface area contributed by atoms with E-state index in [-0.39, 0.29) is 12.4 Å². The molecule has 0 atom stereocenters. The van der Waals surface area contributed by atoms with Crippen LogP contribution in [0, 0.1) is 0 Å². The maximum Gasteiger partial charge on any atom is 0.188 e. The minimum atomic E-state index is 0. The van der Waals surface area contributed by atoms with Crippen LogP contribution < -0.4 is 15.5 Å². The van der Waals surface area contributed by atoms with Gasteiger partial charge in [0.1, 0.15) is 0 Å². The first-order chi connectivity index (χ1) is 8.93. The van der Waals surface area contributed by atoms with Crippen molar-refractivity contribution in [2.45, 2.75) is 0 Å². The fraction of sp³-hybridized carbons (Fsp3) is 0.364. The topological polar surface area (TPSA) is 66.0 Å². The highest BCUT2D eigenvalue weighted by molar-refractivity contribution is 6.99. The van der Waals surface area contributed by atoms with Gasteiger partial charge in [0.2, 0.25) is 0 Å². The smallest absolute Gasteiger partial charge is 0.188 e. The molecule has 2 N–H and O–H groups in total. The Labute approximate surface area is 122 Å². The normalized spacial score (nSPS) is 14.8. The summed E-state index contributed by atoms with van der Waals surface area (Å²) in [5, 5.41) is 6.62. The quantitative estimate of drug-likeness (QED) is 0.895. The van der Waals surface area contributed by atoms with E-state index in [1.165, 1.54) is 11.7 Å². The van der Waals surface area contributed by atoms with Gasteiger partial charge >= 0.3 is 0 Å². The van der Waals surface area contributed by atoms with Crippen LogP contribution in [-0.2, 0) is 0 Å². The third-order valence-corrected chi connectivity index (χ3v) is 3.35. The lowest BCUT2D eigenvalue weighted by Gasteiger charge is -2.27. The number of nitrogens with zero attached hydrogens (tertiary/aromatic N) is 4. The Balaban J connectivity index is 0.00000133. The van der Waals surface area contributed by atoms with Gasteiger partial charge < -0.3 is 15.5 Å². The zero-order valence-corrected chi connectivity index (χ0v) is 11.9. The van der Waals surface area contributed by atoms with Crippen molar-refractivity contribution in [2.75, 3.05) is 36.4 Å². The zero-order valence-electron chi connectivity index (χ0n) is 10.2. The summed E-state index contributed by atoms with van der Waals surface area (Å²) in [6.45, 7) is 3.92. The first-order valence-corrected chi connectivity index (χ1v) is 6.62. The van der Waals surface area contributed by atoms with Crippen LogP contribution in [-0.4, -0.2) is 39.9 Å². The highest BCUT2D eigenvalue weighted by atomic mass is 35.5. The minimum Gasteiger partial charge on any atom is -0.350 e. The van der Waals surface area contributed by atoms with Crippen LogP contribution in [0.1, 0.15) is 0 Å². The van der Waals surface area contributed by atoms with Crippen molar-refractivity contribution in [3.8, 4) is 0 Å². The Kier molecular flexibility index (Phi) is 4.89. The predicted octanol–water partition coefficient (Wildman–Crippen LogP) is 1.51. The minimum absolute atomic E-state index is 0. The highest BCUT2D eigenvalue weighted by Gasteiger charge is 2.18. The molecule has 0 radical (unpaired) electrons. The first-order valence-electron chi connectivity index (χ1n) is 5.89. The first kappa shape index (κ1) is 14.0. The predicted molar refractivity (Wildman–Crippen MR) is 79.8 cm³/mol. The lowest BCUT2D eigenvalue weighted by Crippen LogP contribution is -2.43. The molecule has 0 spiro atoms. The Hall–Kier alpha value is -1.44. The molecule has 19 heavy (non-hydrogen) atoms. The van der Waals surface area contributed by atoms with E-state index >= 15 is 0 Å². The fourth-order valence-corrected chi connectivity index (χ4v) is 2.45. The van der Waals surface area contributed by atoms with Crippen molar-refractivity contribution >= 4 is 41.5 Å². The molecule has 1 aliphatic heterocycles. The number of pyridine rings is 1. The van der Waals surface area contributed by atoms with Crippen LogP contribution in [0.3, 0.4) is 0 Å². The summed E-state index contributed by atoms with van der Waals surface area (Å²) in [5.74, 6) is 1.77. The number of hydrogen-bond donors (Lipinski definition) is 2. The van der Waals surface area contributed by atoms with Gasteiger partial charge in [-0.15, -0.1) is 12.4 Å². The van der Waals surface area contributed by atoms with Crippen LogP contribution in [0.2, 0.25) is 0 Å². The molecule has 2 aromatic rings. The number of nitrogens with one attached hydrogen (secondary N) is 2. The van der Waals surface area contributed by atoms with Crippen LogP contribution in [0.4, 0.5) is 17.3 Å². The van der Waals surface area contributed by atoms with Gasteiger partial charge in [0.25, 0.3) is 0 Å². The molecule has 1 aliphatic rings. The Bertz CT molecular complexity index is 499. The van der Waals surface area contributed by atoms with Crippen LogP contribution in [0.15, 0.2) is 24.5 Å². The summed E-state index contributed by atoms with van der Waals surface area (Å²) in [6, 6.07) is 3.84. The Morgan fingerprint density at radius 1 is 1.16 bits per heavy atom. The largest absolute Gasteiger partial charge is 0.350 e. The Morgan fingerprint density at radius 2 is 1.89 bits per heavy atom. The van der Waals surface area contributed by atoms with Gasteiger partial charge in [0.15, 0.2) is 11.6 Å². The molecule has 6 nitrogen and oxygen atoms in total. The third-order valence-electron chi connectivity index (χ3n) is 2.83. The zero-order chi connectivity index (χ0) is 12.2. The maximum absolute atomic E-state index is 4.39. The van der Waals surface area contributed by atoms with E-state index in [1.807, 2.05) is 12.1 Å². The van der Waals surface area contributed by atoms with Gasteiger partial charge in [-0.3, -0.25) is 4.98 Å². The lowest BCUT2D eigenvalue weighted by molar-refractivity contribution is 0.586. The molecule has 1 fully saturated rings. The molecule has 3 heterocycles. The van der Waals surface area contributed by atoms with Crippen molar-refractivity contribution in [1.29, 1.82) is 0 Å². The van der Waals surface area contributed by atoms with E-state index in [0.29, 0.717) is 0 Å². The number of halogens is 1. The summed E-state index contributed by atoms with van der Waals surface area (Å²) in [4.78, 5) is 6.25. The molecular weight excluding hydrogens is 284 g/mol. The lowest BCUT2D eigenvalue weighted by atomic mass is 10.3.